The molecule has 106 valence electrons. The summed E-state index contributed by atoms with van der Waals surface area (Å²) in [5, 5.41) is 13.0. The largest absolute Gasteiger partial charge is 0.506 e. The second kappa shape index (κ2) is 5.49. The number of aryl methyl sites for hydroxylation is 1. The van der Waals surface area contributed by atoms with E-state index in [0.29, 0.717) is 15.8 Å². The number of aromatic nitrogens is 1. The molecule has 3 rings (SSSR count). The predicted octanol–water partition coefficient (Wildman–Crippen LogP) is 2.92. The van der Waals surface area contributed by atoms with Crippen molar-refractivity contribution in [1.82, 2.24) is 10.3 Å². The molecule has 1 aromatic heterocycles. The Bertz CT molecular complexity index is 748. The molecular formula is C15H13N3O2S. The average molecular weight is 299 g/mol. The van der Waals surface area contributed by atoms with E-state index in [1.54, 1.807) is 24.4 Å². The number of aliphatic imine (C=N–C) groups is 1. The lowest BCUT2D eigenvalue weighted by atomic mass is 10.2. The van der Waals surface area contributed by atoms with Gasteiger partial charge in [-0.25, -0.2) is 4.99 Å². The van der Waals surface area contributed by atoms with Gasteiger partial charge in [-0.1, -0.05) is 6.07 Å². The van der Waals surface area contributed by atoms with E-state index >= 15 is 0 Å². The van der Waals surface area contributed by atoms with Crippen LogP contribution in [0.15, 0.2) is 46.4 Å². The Labute approximate surface area is 125 Å². The minimum absolute atomic E-state index is 0.0964. The number of aromatic hydroxyl groups is 1. The summed E-state index contributed by atoms with van der Waals surface area (Å²) in [6, 6.07) is 8.95. The molecule has 3 N–H and O–H groups in total. The highest BCUT2D eigenvalue weighted by Crippen LogP contribution is 2.31. The summed E-state index contributed by atoms with van der Waals surface area (Å²) < 4.78 is 0. The number of nitrogens with one attached hydrogen (secondary N) is 2. The highest BCUT2D eigenvalue weighted by molar-refractivity contribution is 8.18. The number of thioether (sulfide) groups is 1. The summed E-state index contributed by atoms with van der Waals surface area (Å²) in [6.07, 6.45) is 3.56. The zero-order valence-corrected chi connectivity index (χ0v) is 12.1. The Morgan fingerprint density at radius 1 is 1.33 bits per heavy atom. The van der Waals surface area contributed by atoms with Crippen molar-refractivity contribution in [3.63, 3.8) is 0 Å². The maximum Gasteiger partial charge on any atom is 0.264 e. The normalized spacial score (nSPS) is 18.4. The predicted molar refractivity (Wildman–Crippen MR) is 84.4 cm³/mol. The lowest BCUT2D eigenvalue weighted by molar-refractivity contribution is -0.115. The molecule has 0 aliphatic carbocycles. The second-order valence-electron chi connectivity index (χ2n) is 4.60. The summed E-state index contributed by atoms with van der Waals surface area (Å²) in [6.45, 7) is 1.89. The van der Waals surface area contributed by atoms with Crippen molar-refractivity contribution in [2.24, 2.45) is 4.99 Å². The molecule has 0 bridgehead atoms. The molecule has 2 aromatic rings. The highest BCUT2D eigenvalue weighted by atomic mass is 32.2. The molecule has 1 aliphatic rings. The van der Waals surface area contributed by atoms with Crippen molar-refractivity contribution in [2.75, 3.05) is 0 Å². The van der Waals surface area contributed by atoms with Crippen LogP contribution < -0.4 is 5.32 Å². The van der Waals surface area contributed by atoms with Crippen molar-refractivity contribution in [3.05, 3.63) is 52.7 Å². The van der Waals surface area contributed by atoms with E-state index in [0.717, 1.165) is 11.3 Å². The third-order valence-corrected chi connectivity index (χ3v) is 3.82. The van der Waals surface area contributed by atoms with Gasteiger partial charge in [0.25, 0.3) is 5.91 Å². The van der Waals surface area contributed by atoms with Crippen molar-refractivity contribution in [2.45, 2.75) is 6.92 Å². The number of phenolic OH excluding ortho intramolecular Hbond substituents is 1. The molecule has 0 spiro atoms. The molecule has 1 aliphatic heterocycles. The summed E-state index contributed by atoms with van der Waals surface area (Å²) in [5.74, 6) is -0.0981. The van der Waals surface area contributed by atoms with Gasteiger partial charge < -0.3 is 15.4 Å². The fourth-order valence-electron chi connectivity index (χ4n) is 1.89. The highest BCUT2D eigenvalue weighted by Gasteiger charge is 2.24. The summed E-state index contributed by atoms with van der Waals surface area (Å²) in [5.41, 5.74) is 2.24. The Morgan fingerprint density at radius 3 is 2.90 bits per heavy atom. The van der Waals surface area contributed by atoms with Crippen LogP contribution in [0.2, 0.25) is 0 Å². The number of amides is 1. The maximum atomic E-state index is 11.9. The number of H-pyrrole nitrogens is 1. The quantitative estimate of drug-likeness (QED) is 0.746. The molecule has 0 unspecified atom stereocenters. The van der Waals surface area contributed by atoms with E-state index < -0.39 is 0 Å². The molecule has 1 fully saturated rings. The first-order valence-corrected chi connectivity index (χ1v) is 7.16. The molecular weight excluding hydrogens is 286 g/mol. The summed E-state index contributed by atoms with van der Waals surface area (Å²) in [7, 11) is 0. The molecule has 1 aromatic carbocycles. The number of phenols is 1. The van der Waals surface area contributed by atoms with Gasteiger partial charge in [0.2, 0.25) is 0 Å². The third-order valence-electron chi connectivity index (χ3n) is 2.91. The summed E-state index contributed by atoms with van der Waals surface area (Å²) >= 11 is 1.24. The van der Waals surface area contributed by atoms with Crippen LogP contribution in [0.3, 0.4) is 0 Å². The van der Waals surface area contributed by atoms with Gasteiger partial charge in [0, 0.05) is 11.9 Å². The van der Waals surface area contributed by atoms with E-state index in [4.69, 9.17) is 0 Å². The molecule has 6 heteroatoms. The second-order valence-corrected chi connectivity index (χ2v) is 5.63. The van der Waals surface area contributed by atoms with Gasteiger partial charge in [0.05, 0.1) is 4.91 Å². The van der Waals surface area contributed by atoms with Crippen LogP contribution in [0.25, 0.3) is 6.08 Å². The van der Waals surface area contributed by atoms with Gasteiger partial charge in [-0.15, -0.1) is 0 Å². The maximum absolute atomic E-state index is 11.9. The number of amidine groups is 1. The molecule has 0 saturated carbocycles. The topological polar surface area (TPSA) is 77.5 Å². The molecule has 2 heterocycles. The minimum Gasteiger partial charge on any atom is -0.506 e. The lowest BCUT2D eigenvalue weighted by Gasteiger charge is -2.01. The van der Waals surface area contributed by atoms with E-state index in [2.05, 4.69) is 15.3 Å². The minimum atomic E-state index is -0.194. The molecule has 0 atom stereocenters. The molecule has 0 radical (unpaired) electrons. The van der Waals surface area contributed by atoms with E-state index in [9.17, 15) is 9.90 Å². The Balaban J connectivity index is 1.85. The first-order valence-electron chi connectivity index (χ1n) is 6.34. The SMILES string of the molecule is Cc1ccc(N=C2NC(=O)/C(=C/c3ccc[nH]3)S2)c(O)c1. The van der Waals surface area contributed by atoms with Crippen molar-refractivity contribution < 1.29 is 9.90 Å². The first-order chi connectivity index (χ1) is 10.1. The number of benzene rings is 1. The zero-order valence-electron chi connectivity index (χ0n) is 11.3. The fraction of sp³-hybridized carbons (Fsp3) is 0.0667. The van der Waals surface area contributed by atoms with Crippen LogP contribution >= 0.6 is 11.8 Å². The van der Waals surface area contributed by atoms with Gasteiger partial charge in [0.1, 0.15) is 11.4 Å². The molecule has 21 heavy (non-hydrogen) atoms. The monoisotopic (exact) mass is 299 g/mol. The smallest absolute Gasteiger partial charge is 0.264 e. The number of hydrogen-bond donors (Lipinski definition) is 3. The van der Waals surface area contributed by atoms with Crippen LogP contribution in [0, 0.1) is 6.92 Å². The Morgan fingerprint density at radius 2 is 2.19 bits per heavy atom. The van der Waals surface area contributed by atoms with E-state index in [1.165, 1.54) is 11.8 Å². The number of carbonyl (C=O) groups excluding carboxylic acids is 1. The van der Waals surface area contributed by atoms with Gasteiger partial charge in [0.15, 0.2) is 5.17 Å². The van der Waals surface area contributed by atoms with Crippen LogP contribution in [-0.2, 0) is 4.79 Å². The fourth-order valence-corrected chi connectivity index (χ4v) is 2.72. The van der Waals surface area contributed by atoms with Gasteiger partial charge in [-0.2, -0.15) is 0 Å². The van der Waals surface area contributed by atoms with E-state index in [1.807, 2.05) is 25.1 Å². The third kappa shape index (κ3) is 3.00. The molecule has 1 amide bonds. The van der Waals surface area contributed by atoms with Crippen molar-refractivity contribution in [3.8, 4) is 5.75 Å². The first kappa shape index (κ1) is 13.5. The number of nitrogens with zero attached hydrogens (tertiary/aromatic N) is 1. The zero-order chi connectivity index (χ0) is 14.8. The number of hydrogen-bond acceptors (Lipinski definition) is 4. The van der Waals surface area contributed by atoms with Crippen molar-refractivity contribution in [1.29, 1.82) is 0 Å². The Hall–Kier alpha value is -2.47. The van der Waals surface area contributed by atoms with Crippen LogP contribution in [0.1, 0.15) is 11.3 Å². The van der Waals surface area contributed by atoms with Crippen LogP contribution in [-0.4, -0.2) is 21.2 Å². The summed E-state index contributed by atoms with van der Waals surface area (Å²) in [4.78, 5) is 19.7. The van der Waals surface area contributed by atoms with Crippen molar-refractivity contribution >= 4 is 34.6 Å². The van der Waals surface area contributed by atoms with E-state index in [-0.39, 0.29) is 11.7 Å². The number of aromatic amines is 1. The van der Waals surface area contributed by atoms with Crippen LogP contribution in [0.4, 0.5) is 5.69 Å². The molecule has 5 nitrogen and oxygen atoms in total. The Kier molecular flexibility index (Phi) is 3.53. The number of carbonyl (C=O) groups is 1. The lowest BCUT2D eigenvalue weighted by Crippen LogP contribution is -2.19. The van der Waals surface area contributed by atoms with Gasteiger partial charge in [-0.05, 0) is 54.6 Å². The standard InChI is InChI=1S/C15H13N3O2S/c1-9-4-5-11(12(19)7-9)17-15-18-14(20)13(21-15)8-10-3-2-6-16-10/h2-8,16,19H,1H3,(H,17,18,20)/b13-8-. The average Bonchev–Trinajstić information content (AvgIpc) is 3.04. The molecule has 1 saturated heterocycles. The number of rotatable bonds is 2. The van der Waals surface area contributed by atoms with Gasteiger partial charge in [-0.3, -0.25) is 4.79 Å². The van der Waals surface area contributed by atoms with Crippen LogP contribution in [0.5, 0.6) is 5.75 Å². The van der Waals surface area contributed by atoms with Gasteiger partial charge >= 0.3 is 0 Å².